The maximum absolute atomic E-state index is 12.2. The van der Waals surface area contributed by atoms with Crippen LogP contribution in [0.4, 0.5) is 5.69 Å². The highest BCUT2D eigenvalue weighted by Gasteiger charge is 2.18. The maximum atomic E-state index is 12.2. The molecule has 4 N–H and O–H groups in total. The third kappa shape index (κ3) is 7.34. The molecule has 0 aliphatic heterocycles. The minimum atomic E-state index is -0.983. The van der Waals surface area contributed by atoms with Crippen LogP contribution in [0.2, 0.25) is 0 Å². The number of carbonyl (C=O) groups is 3. The van der Waals surface area contributed by atoms with Crippen molar-refractivity contribution in [1.82, 2.24) is 10.6 Å². The molecule has 0 radical (unpaired) electrons. The van der Waals surface area contributed by atoms with Crippen molar-refractivity contribution in [2.75, 3.05) is 18.4 Å². The summed E-state index contributed by atoms with van der Waals surface area (Å²) in [5, 5.41) is 17.3. The number of rotatable bonds is 10. The molecule has 138 valence electrons. The molecule has 1 unspecified atom stereocenters. The summed E-state index contributed by atoms with van der Waals surface area (Å²) in [6.45, 7) is 6.27. The van der Waals surface area contributed by atoms with Gasteiger partial charge < -0.3 is 15.7 Å². The first kappa shape index (κ1) is 20.6. The predicted octanol–water partition coefficient (Wildman–Crippen LogP) is 1.85. The van der Waals surface area contributed by atoms with Gasteiger partial charge >= 0.3 is 5.97 Å². The Morgan fingerprint density at radius 2 is 1.84 bits per heavy atom. The number of carboxylic acid groups (broad SMARTS) is 1. The zero-order valence-corrected chi connectivity index (χ0v) is 15.0. The van der Waals surface area contributed by atoms with Gasteiger partial charge in [-0.05, 0) is 24.5 Å². The summed E-state index contributed by atoms with van der Waals surface area (Å²) in [6.07, 6.45) is 1.14. The van der Waals surface area contributed by atoms with Crippen LogP contribution in [0.25, 0.3) is 0 Å². The highest BCUT2D eigenvalue weighted by atomic mass is 16.4. The number of hydrogen-bond acceptors (Lipinski definition) is 4. The Morgan fingerprint density at radius 1 is 1.16 bits per heavy atom. The van der Waals surface area contributed by atoms with Crippen molar-refractivity contribution in [2.45, 2.75) is 39.7 Å². The van der Waals surface area contributed by atoms with Gasteiger partial charge in [-0.3, -0.25) is 19.7 Å². The van der Waals surface area contributed by atoms with E-state index in [9.17, 15) is 14.4 Å². The number of nitrogens with one attached hydrogen (secondary N) is 3. The standard InChI is InChI=1S/C18H27N3O4/c1-4-7-15(18(24)25)19-11-16(22)21-14-9-6-5-8-13(14)17(23)20-10-12(2)3/h5-6,8-9,12,15,19H,4,7,10-11H2,1-3H3,(H,20,23)(H,21,22)(H,24,25). The molecular weight excluding hydrogens is 322 g/mol. The molecule has 1 atom stereocenters. The lowest BCUT2D eigenvalue weighted by Crippen LogP contribution is -2.41. The zero-order chi connectivity index (χ0) is 18.8. The molecular formula is C18H27N3O4. The number of amides is 2. The van der Waals surface area contributed by atoms with Crippen LogP contribution in [0.15, 0.2) is 24.3 Å². The number of benzene rings is 1. The summed E-state index contributed by atoms with van der Waals surface area (Å²) in [7, 11) is 0. The summed E-state index contributed by atoms with van der Waals surface area (Å²) < 4.78 is 0. The van der Waals surface area contributed by atoms with Crippen molar-refractivity contribution in [3.05, 3.63) is 29.8 Å². The third-order valence-electron chi connectivity index (χ3n) is 3.50. The van der Waals surface area contributed by atoms with E-state index in [-0.39, 0.29) is 12.5 Å². The van der Waals surface area contributed by atoms with E-state index < -0.39 is 17.9 Å². The molecule has 1 aromatic carbocycles. The highest BCUT2D eigenvalue weighted by molar-refractivity contribution is 6.04. The fourth-order valence-corrected chi connectivity index (χ4v) is 2.19. The number of anilines is 1. The average Bonchev–Trinajstić information content (AvgIpc) is 2.56. The van der Waals surface area contributed by atoms with Gasteiger partial charge in [-0.2, -0.15) is 0 Å². The molecule has 1 rings (SSSR count). The Balaban J connectivity index is 2.68. The maximum Gasteiger partial charge on any atom is 0.320 e. The monoisotopic (exact) mass is 349 g/mol. The number of aliphatic carboxylic acids is 1. The van der Waals surface area contributed by atoms with Crippen molar-refractivity contribution in [3.8, 4) is 0 Å². The zero-order valence-electron chi connectivity index (χ0n) is 15.0. The van der Waals surface area contributed by atoms with Crippen LogP contribution in [-0.4, -0.2) is 42.0 Å². The molecule has 7 nitrogen and oxygen atoms in total. The summed E-state index contributed by atoms with van der Waals surface area (Å²) in [4.78, 5) is 35.4. The molecule has 0 saturated carbocycles. The Kier molecular flexibility index (Phi) is 8.63. The smallest absolute Gasteiger partial charge is 0.320 e. The van der Waals surface area contributed by atoms with Gasteiger partial charge in [0.1, 0.15) is 6.04 Å². The summed E-state index contributed by atoms with van der Waals surface area (Å²) in [5.74, 6) is -1.32. The quantitative estimate of drug-likeness (QED) is 0.516. The van der Waals surface area contributed by atoms with E-state index in [0.29, 0.717) is 36.6 Å². The van der Waals surface area contributed by atoms with E-state index in [2.05, 4.69) is 16.0 Å². The fourth-order valence-electron chi connectivity index (χ4n) is 2.19. The molecule has 0 spiro atoms. The van der Waals surface area contributed by atoms with Gasteiger partial charge in [0.2, 0.25) is 5.91 Å². The Hall–Kier alpha value is -2.41. The van der Waals surface area contributed by atoms with Gasteiger partial charge in [0.25, 0.3) is 5.91 Å². The van der Waals surface area contributed by atoms with E-state index in [1.165, 1.54) is 0 Å². The highest BCUT2D eigenvalue weighted by Crippen LogP contribution is 2.15. The van der Waals surface area contributed by atoms with Gasteiger partial charge in [-0.25, -0.2) is 0 Å². The predicted molar refractivity (Wildman–Crippen MR) is 96.6 cm³/mol. The van der Waals surface area contributed by atoms with Crippen LogP contribution >= 0.6 is 0 Å². The minimum absolute atomic E-state index is 0.140. The second-order valence-corrected chi connectivity index (χ2v) is 6.26. The molecule has 0 saturated heterocycles. The number of carboxylic acids is 1. The third-order valence-corrected chi connectivity index (χ3v) is 3.50. The number of para-hydroxylation sites is 1. The molecule has 0 aromatic heterocycles. The lowest BCUT2D eigenvalue weighted by atomic mass is 10.1. The van der Waals surface area contributed by atoms with Crippen LogP contribution < -0.4 is 16.0 Å². The van der Waals surface area contributed by atoms with Crippen LogP contribution in [0.3, 0.4) is 0 Å². The van der Waals surface area contributed by atoms with Gasteiger partial charge in [0, 0.05) is 6.54 Å². The summed E-state index contributed by atoms with van der Waals surface area (Å²) in [5.41, 5.74) is 0.776. The summed E-state index contributed by atoms with van der Waals surface area (Å²) in [6, 6.07) is 5.96. The molecule has 25 heavy (non-hydrogen) atoms. The first-order valence-electron chi connectivity index (χ1n) is 8.48. The van der Waals surface area contributed by atoms with Gasteiger partial charge in [-0.15, -0.1) is 0 Å². The van der Waals surface area contributed by atoms with Gasteiger partial charge in [0.15, 0.2) is 0 Å². The van der Waals surface area contributed by atoms with E-state index in [0.717, 1.165) is 0 Å². The molecule has 0 fully saturated rings. The van der Waals surface area contributed by atoms with E-state index >= 15 is 0 Å². The first-order valence-corrected chi connectivity index (χ1v) is 8.48. The first-order chi connectivity index (χ1) is 11.8. The minimum Gasteiger partial charge on any atom is -0.480 e. The number of carbonyl (C=O) groups excluding carboxylic acids is 2. The van der Waals surface area contributed by atoms with Crippen LogP contribution in [0, 0.1) is 5.92 Å². The second kappa shape index (κ2) is 10.5. The van der Waals surface area contributed by atoms with E-state index in [4.69, 9.17) is 5.11 Å². The van der Waals surface area contributed by atoms with E-state index in [1.54, 1.807) is 24.3 Å². The Bertz CT molecular complexity index is 602. The molecule has 2 amide bonds. The second-order valence-electron chi connectivity index (χ2n) is 6.26. The molecule has 0 aliphatic rings. The fraction of sp³-hybridized carbons (Fsp3) is 0.500. The Labute approximate surface area is 148 Å². The van der Waals surface area contributed by atoms with Crippen molar-refractivity contribution >= 4 is 23.5 Å². The molecule has 1 aromatic rings. The molecule has 7 heteroatoms. The Morgan fingerprint density at radius 3 is 2.44 bits per heavy atom. The molecule has 0 aliphatic carbocycles. The van der Waals surface area contributed by atoms with Crippen LogP contribution in [0.1, 0.15) is 44.0 Å². The summed E-state index contributed by atoms with van der Waals surface area (Å²) >= 11 is 0. The normalized spacial score (nSPS) is 11.8. The van der Waals surface area contributed by atoms with Crippen molar-refractivity contribution in [3.63, 3.8) is 0 Å². The van der Waals surface area contributed by atoms with Crippen molar-refractivity contribution in [2.24, 2.45) is 5.92 Å². The topological polar surface area (TPSA) is 108 Å². The van der Waals surface area contributed by atoms with Gasteiger partial charge in [0.05, 0.1) is 17.8 Å². The van der Waals surface area contributed by atoms with Gasteiger partial charge in [-0.1, -0.05) is 39.3 Å². The van der Waals surface area contributed by atoms with Crippen molar-refractivity contribution < 1.29 is 19.5 Å². The van der Waals surface area contributed by atoms with Crippen molar-refractivity contribution in [1.29, 1.82) is 0 Å². The number of hydrogen-bond donors (Lipinski definition) is 4. The van der Waals surface area contributed by atoms with Crippen LogP contribution in [0.5, 0.6) is 0 Å². The van der Waals surface area contributed by atoms with Crippen LogP contribution in [-0.2, 0) is 9.59 Å². The SMILES string of the molecule is CCCC(NCC(=O)Nc1ccccc1C(=O)NCC(C)C)C(=O)O. The lowest BCUT2D eigenvalue weighted by molar-refractivity contribution is -0.139. The largest absolute Gasteiger partial charge is 0.480 e. The average molecular weight is 349 g/mol. The molecule has 0 bridgehead atoms. The van der Waals surface area contributed by atoms with E-state index in [1.807, 2.05) is 20.8 Å². The lowest BCUT2D eigenvalue weighted by Gasteiger charge is -2.15. The molecule has 0 heterocycles.